The first-order valence-corrected chi connectivity index (χ1v) is 6.26. The van der Waals surface area contributed by atoms with E-state index in [1.807, 2.05) is 0 Å². The van der Waals surface area contributed by atoms with E-state index in [0.717, 1.165) is 43.4 Å². The Morgan fingerprint density at radius 2 is 1.61 bits per heavy atom. The summed E-state index contributed by atoms with van der Waals surface area (Å²) in [6, 6.07) is 5.08. The van der Waals surface area contributed by atoms with Crippen LogP contribution < -0.4 is 5.73 Å². The molecule has 0 spiro atoms. The highest BCUT2D eigenvalue weighted by Gasteiger charge is 2.36. The van der Waals surface area contributed by atoms with Crippen molar-refractivity contribution in [2.45, 2.75) is 44.8 Å². The second kappa shape index (κ2) is 4.57. The van der Waals surface area contributed by atoms with Gasteiger partial charge in [-0.3, -0.25) is 0 Å². The van der Waals surface area contributed by atoms with Gasteiger partial charge < -0.3 is 5.73 Å². The minimum atomic E-state index is -4.28. The van der Waals surface area contributed by atoms with E-state index in [4.69, 9.17) is 5.73 Å². The zero-order chi connectivity index (χ0) is 13.4. The second-order valence-electron chi connectivity index (χ2n) is 5.46. The predicted molar refractivity (Wildman–Crippen MR) is 64.9 cm³/mol. The summed E-state index contributed by atoms with van der Waals surface area (Å²) >= 11 is 0. The summed E-state index contributed by atoms with van der Waals surface area (Å²) in [5, 5.41) is 0. The lowest BCUT2D eigenvalue weighted by Gasteiger charge is -2.31. The fourth-order valence-corrected chi connectivity index (χ4v) is 2.78. The van der Waals surface area contributed by atoms with E-state index in [2.05, 4.69) is 6.92 Å². The van der Waals surface area contributed by atoms with Crippen LogP contribution in [0.1, 0.15) is 49.8 Å². The van der Waals surface area contributed by atoms with Crippen molar-refractivity contribution in [1.82, 2.24) is 0 Å². The molecule has 0 aromatic heterocycles. The Kier molecular flexibility index (Phi) is 3.41. The first kappa shape index (κ1) is 13.4. The molecule has 0 amide bonds. The third-order valence-corrected chi connectivity index (χ3v) is 4.09. The number of benzene rings is 1. The van der Waals surface area contributed by atoms with Crippen molar-refractivity contribution in [2.24, 2.45) is 11.1 Å². The van der Waals surface area contributed by atoms with Gasteiger partial charge in [0, 0.05) is 6.04 Å². The topological polar surface area (TPSA) is 26.0 Å². The zero-order valence-electron chi connectivity index (χ0n) is 10.4. The Bertz CT molecular complexity index is 402. The average molecular weight is 257 g/mol. The number of hydrogen-bond donors (Lipinski definition) is 1. The smallest absolute Gasteiger partial charge is 0.323 e. The van der Waals surface area contributed by atoms with E-state index in [1.54, 1.807) is 0 Å². The monoisotopic (exact) mass is 257 g/mol. The van der Waals surface area contributed by atoms with Crippen LogP contribution in [0.25, 0.3) is 0 Å². The van der Waals surface area contributed by atoms with Gasteiger partial charge in [0.05, 0.1) is 5.56 Å². The molecule has 18 heavy (non-hydrogen) atoms. The molecule has 1 aliphatic carbocycles. The number of halogens is 3. The first-order chi connectivity index (χ1) is 8.33. The van der Waals surface area contributed by atoms with Gasteiger partial charge >= 0.3 is 6.18 Å². The molecule has 0 saturated heterocycles. The molecule has 4 heteroatoms. The third-order valence-electron chi connectivity index (χ3n) is 4.09. The highest BCUT2D eigenvalue weighted by molar-refractivity contribution is 5.28. The highest BCUT2D eigenvalue weighted by atomic mass is 19.4. The van der Waals surface area contributed by atoms with Crippen molar-refractivity contribution in [3.05, 3.63) is 35.4 Å². The maximum Gasteiger partial charge on any atom is 0.416 e. The Hall–Kier alpha value is -1.03. The first-order valence-electron chi connectivity index (χ1n) is 6.26. The van der Waals surface area contributed by atoms with E-state index in [0.29, 0.717) is 0 Å². The molecule has 1 fully saturated rings. The largest absolute Gasteiger partial charge is 0.416 e. The molecule has 1 saturated carbocycles. The quantitative estimate of drug-likeness (QED) is 0.840. The standard InChI is InChI=1S/C14H18F3N/c1-13(8-2-3-9-13)12(18)10-4-6-11(7-5-10)14(15,16)17/h4-7,12H,2-3,8-9,18H2,1H3. The van der Waals surface area contributed by atoms with Crippen molar-refractivity contribution in [3.8, 4) is 0 Å². The van der Waals surface area contributed by atoms with Crippen LogP contribution in [0, 0.1) is 5.41 Å². The van der Waals surface area contributed by atoms with Crippen LogP contribution in [0.5, 0.6) is 0 Å². The lowest BCUT2D eigenvalue weighted by atomic mass is 9.78. The molecule has 0 bridgehead atoms. The molecule has 1 atom stereocenters. The Labute approximate surface area is 105 Å². The lowest BCUT2D eigenvalue weighted by molar-refractivity contribution is -0.137. The summed E-state index contributed by atoms with van der Waals surface area (Å²) < 4.78 is 37.4. The molecular weight excluding hydrogens is 239 g/mol. The summed E-state index contributed by atoms with van der Waals surface area (Å²) in [5.74, 6) is 0. The number of rotatable bonds is 2. The van der Waals surface area contributed by atoms with Gasteiger partial charge in [-0.1, -0.05) is 31.9 Å². The van der Waals surface area contributed by atoms with Crippen molar-refractivity contribution in [3.63, 3.8) is 0 Å². The van der Waals surface area contributed by atoms with Crippen LogP contribution in [0.3, 0.4) is 0 Å². The Morgan fingerprint density at radius 3 is 2.06 bits per heavy atom. The van der Waals surface area contributed by atoms with Gasteiger partial charge in [0.25, 0.3) is 0 Å². The van der Waals surface area contributed by atoms with Gasteiger partial charge in [-0.15, -0.1) is 0 Å². The van der Waals surface area contributed by atoms with E-state index < -0.39 is 11.7 Å². The molecule has 1 nitrogen and oxygen atoms in total. The van der Waals surface area contributed by atoms with Crippen molar-refractivity contribution in [2.75, 3.05) is 0 Å². The molecule has 0 heterocycles. The van der Waals surface area contributed by atoms with Gasteiger partial charge in [0.2, 0.25) is 0 Å². The molecule has 1 aromatic carbocycles. The van der Waals surface area contributed by atoms with Crippen molar-refractivity contribution < 1.29 is 13.2 Å². The summed E-state index contributed by atoms with van der Waals surface area (Å²) in [5.41, 5.74) is 6.42. The highest BCUT2D eigenvalue weighted by Crippen LogP contribution is 2.46. The van der Waals surface area contributed by atoms with E-state index in [9.17, 15) is 13.2 Å². The Morgan fingerprint density at radius 1 is 1.11 bits per heavy atom. The van der Waals surface area contributed by atoms with E-state index in [1.165, 1.54) is 12.1 Å². The normalized spacial score (nSPS) is 20.9. The van der Waals surface area contributed by atoms with Crippen LogP contribution in [-0.2, 0) is 6.18 Å². The average Bonchev–Trinajstić information content (AvgIpc) is 2.75. The van der Waals surface area contributed by atoms with Gasteiger partial charge in [-0.25, -0.2) is 0 Å². The number of alkyl halides is 3. The number of hydrogen-bond acceptors (Lipinski definition) is 1. The van der Waals surface area contributed by atoms with Crippen LogP contribution in [0.2, 0.25) is 0 Å². The molecule has 0 radical (unpaired) electrons. The maximum atomic E-state index is 12.5. The van der Waals surface area contributed by atoms with Crippen molar-refractivity contribution >= 4 is 0 Å². The van der Waals surface area contributed by atoms with E-state index >= 15 is 0 Å². The van der Waals surface area contributed by atoms with Gasteiger partial charge in [0.1, 0.15) is 0 Å². The van der Waals surface area contributed by atoms with Gasteiger partial charge in [0.15, 0.2) is 0 Å². The van der Waals surface area contributed by atoms with Gasteiger partial charge in [-0.2, -0.15) is 13.2 Å². The molecule has 100 valence electrons. The predicted octanol–water partition coefficient (Wildman–Crippen LogP) is 4.29. The molecule has 2 rings (SSSR count). The molecule has 0 aliphatic heterocycles. The molecule has 1 aromatic rings. The summed E-state index contributed by atoms with van der Waals surface area (Å²) in [7, 11) is 0. The van der Waals surface area contributed by atoms with E-state index in [-0.39, 0.29) is 11.5 Å². The molecule has 1 aliphatic rings. The second-order valence-corrected chi connectivity index (χ2v) is 5.46. The summed E-state index contributed by atoms with van der Waals surface area (Å²) in [6.07, 6.45) is 0.139. The van der Waals surface area contributed by atoms with Crippen LogP contribution in [-0.4, -0.2) is 0 Å². The summed E-state index contributed by atoms with van der Waals surface area (Å²) in [6.45, 7) is 2.13. The summed E-state index contributed by atoms with van der Waals surface area (Å²) in [4.78, 5) is 0. The van der Waals surface area contributed by atoms with Crippen LogP contribution >= 0.6 is 0 Å². The maximum absolute atomic E-state index is 12.5. The molecule has 2 N–H and O–H groups in total. The zero-order valence-corrected chi connectivity index (χ0v) is 10.4. The number of nitrogens with two attached hydrogens (primary N) is 1. The molecule has 1 unspecified atom stereocenters. The van der Waals surface area contributed by atoms with Crippen LogP contribution in [0.4, 0.5) is 13.2 Å². The van der Waals surface area contributed by atoms with Crippen molar-refractivity contribution in [1.29, 1.82) is 0 Å². The SMILES string of the molecule is CC1(C(N)c2ccc(C(F)(F)F)cc2)CCCC1. The fraction of sp³-hybridized carbons (Fsp3) is 0.571. The fourth-order valence-electron chi connectivity index (χ4n) is 2.78. The third kappa shape index (κ3) is 2.53. The molecular formula is C14H18F3N. The van der Waals surface area contributed by atoms with Gasteiger partial charge in [-0.05, 0) is 36.0 Å². The Balaban J connectivity index is 2.19. The minimum absolute atomic E-state index is 0.0275. The minimum Gasteiger partial charge on any atom is -0.323 e. The van der Waals surface area contributed by atoms with Crippen LogP contribution in [0.15, 0.2) is 24.3 Å². The lowest BCUT2D eigenvalue weighted by Crippen LogP contribution is -2.29.